The Bertz CT molecular complexity index is 1150. The summed E-state index contributed by atoms with van der Waals surface area (Å²) in [5.74, 6) is 0.182. The zero-order valence-electron chi connectivity index (χ0n) is 41.6. The molecule has 14 atom stereocenters. The van der Waals surface area contributed by atoms with Crippen molar-refractivity contribution >= 4 is 127 Å². The van der Waals surface area contributed by atoms with E-state index in [1.165, 1.54) is 0 Å². The van der Waals surface area contributed by atoms with Crippen molar-refractivity contribution in [3.05, 3.63) is 0 Å². The lowest BCUT2D eigenvalue weighted by atomic mass is 9.69. The van der Waals surface area contributed by atoms with Gasteiger partial charge in [-0.2, -0.15) is 101 Å². The van der Waals surface area contributed by atoms with Crippen molar-refractivity contribution in [1.82, 2.24) is 0 Å². The maximum Gasteiger partial charge on any atom is 0.504 e. The highest BCUT2D eigenvalue weighted by atomic mass is 32.1. The zero-order valence-corrected chi connectivity index (χ0v) is 51.7. The Labute approximate surface area is 440 Å². The van der Waals surface area contributed by atoms with Crippen LogP contribution in [0.5, 0.6) is 0 Å². The standard InChI is InChI=1S/C44H94O9S8Si3/c1-13-24-35(54)41(58)43(60)37(56)29-39(63(48-18-6,49-19-7)50-20-8)32-26-27-33(31(12)62(45-15-3,46-16-4)47-17-5)34(28-32)40(64(51-21-9,52-22-10)53-23-11)30-38(57)44(61)42(59)36(55)25-14-2/h31-44,54-61H,13-30H2,1-12H3. The molecule has 384 valence electrons. The van der Waals surface area contributed by atoms with E-state index in [-0.39, 0.29) is 76.4 Å². The molecule has 0 N–H and O–H groups in total. The van der Waals surface area contributed by atoms with Crippen LogP contribution >= 0.6 is 101 Å². The van der Waals surface area contributed by atoms with Crippen molar-refractivity contribution in [2.24, 2.45) is 17.8 Å². The first-order valence-electron chi connectivity index (χ1n) is 24.6. The van der Waals surface area contributed by atoms with Crippen LogP contribution in [-0.2, 0) is 39.8 Å². The molecule has 1 aliphatic rings. The van der Waals surface area contributed by atoms with Gasteiger partial charge in [0.15, 0.2) is 0 Å². The molecule has 0 spiro atoms. The third-order valence-electron chi connectivity index (χ3n) is 12.7. The monoisotopic (exact) mass is 1110 g/mol. The van der Waals surface area contributed by atoms with Gasteiger partial charge in [0.25, 0.3) is 0 Å². The van der Waals surface area contributed by atoms with Crippen LogP contribution in [0.2, 0.25) is 16.6 Å². The summed E-state index contributed by atoms with van der Waals surface area (Å²) < 4.78 is 61.7. The molecule has 0 aromatic carbocycles. The van der Waals surface area contributed by atoms with Crippen LogP contribution in [0.25, 0.3) is 0 Å². The summed E-state index contributed by atoms with van der Waals surface area (Å²) in [5.41, 5.74) is -0.350. The molecule has 0 aromatic heterocycles. The Balaban J connectivity index is 4.42. The van der Waals surface area contributed by atoms with Gasteiger partial charge in [0.05, 0.1) is 0 Å². The third kappa shape index (κ3) is 18.5. The van der Waals surface area contributed by atoms with E-state index in [1.807, 2.05) is 62.3 Å². The molecule has 1 saturated carbocycles. The minimum atomic E-state index is -3.50. The first-order valence-corrected chi connectivity index (χ1v) is 34.2. The van der Waals surface area contributed by atoms with Gasteiger partial charge in [-0.25, -0.2) is 0 Å². The second-order valence-electron chi connectivity index (χ2n) is 16.9. The summed E-state index contributed by atoms with van der Waals surface area (Å²) in [7, 11) is -10.1. The summed E-state index contributed by atoms with van der Waals surface area (Å²) in [4.78, 5) is 0. The van der Waals surface area contributed by atoms with Crippen LogP contribution in [0.15, 0.2) is 0 Å². The van der Waals surface area contributed by atoms with Crippen LogP contribution in [-0.4, -0.2) is 128 Å². The van der Waals surface area contributed by atoms with Gasteiger partial charge in [-0.05, 0) is 125 Å². The molecule has 14 unspecified atom stereocenters. The van der Waals surface area contributed by atoms with Gasteiger partial charge in [0, 0.05) is 118 Å². The molecule has 64 heavy (non-hydrogen) atoms. The summed E-state index contributed by atoms with van der Waals surface area (Å²) in [6.07, 6.45) is 7.77. The molecular weight excluding hydrogens is 1010 g/mol. The predicted octanol–water partition coefficient (Wildman–Crippen LogP) is 12.1. The zero-order chi connectivity index (χ0) is 48.7. The molecular formula is C44H94O9S8Si3. The van der Waals surface area contributed by atoms with Gasteiger partial charge in [-0.1, -0.05) is 33.6 Å². The minimum Gasteiger partial charge on any atom is -0.374 e. The Morgan fingerprint density at radius 3 is 1.02 bits per heavy atom. The largest absolute Gasteiger partial charge is 0.504 e. The van der Waals surface area contributed by atoms with E-state index in [2.05, 4.69) is 20.8 Å². The molecule has 0 aromatic rings. The summed E-state index contributed by atoms with van der Waals surface area (Å²) in [6.45, 7) is 29.1. The van der Waals surface area contributed by atoms with E-state index in [0.29, 0.717) is 72.3 Å². The molecule has 1 rings (SSSR count). The van der Waals surface area contributed by atoms with E-state index in [0.717, 1.165) is 44.9 Å². The average molecular weight is 1110 g/mol. The second kappa shape index (κ2) is 34.5. The third-order valence-corrected chi connectivity index (χ3v) is 30.0. The molecule has 0 heterocycles. The SMILES string of the molecule is CCCC(S)C(S)C(S)C(S)CC(C1CCC(C(C)[Si](OCC)(OCC)OCC)C(C(CC(S)C(S)C(S)C(S)CCC)[Si](OCC)(OCC)OCC)C1)[Si](OCC)(OCC)OCC. The Morgan fingerprint density at radius 1 is 0.391 bits per heavy atom. The highest BCUT2D eigenvalue weighted by Crippen LogP contribution is 2.58. The highest BCUT2D eigenvalue weighted by molar-refractivity contribution is 7.89. The van der Waals surface area contributed by atoms with Gasteiger partial charge in [0.2, 0.25) is 0 Å². The van der Waals surface area contributed by atoms with Crippen molar-refractivity contribution in [2.75, 3.05) is 59.5 Å². The lowest BCUT2D eigenvalue weighted by Crippen LogP contribution is -2.59. The predicted molar refractivity (Wildman–Crippen MR) is 304 cm³/mol. The van der Waals surface area contributed by atoms with Crippen LogP contribution in [0, 0.1) is 17.8 Å². The van der Waals surface area contributed by atoms with Crippen molar-refractivity contribution in [2.45, 2.75) is 199 Å². The normalized spacial score (nSPS) is 23.2. The van der Waals surface area contributed by atoms with E-state index < -0.39 is 26.4 Å². The highest BCUT2D eigenvalue weighted by Gasteiger charge is 2.62. The van der Waals surface area contributed by atoms with Gasteiger partial charge < -0.3 is 39.8 Å². The molecule has 0 bridgehead atoms. The van der Waals surface area contributed by atoms with Gasteiger partial charge in [-0.15, -0.1) is 0 Å². The molecule has 20 heteroatoms. The lowest BCUT2D eigenvalue weighted by Gasteiger charge is -2.52. The topological polar surface area (TPSA) is 83.1 Å². The molecule has 1 fully saturated rings. The van der Waals surface area contributed by atoms with Crippen LogP contribution < -0.4 is 0 Å². The van der Waals surface area contributed by atoms with Crippen LogP contribution in [0.1, 0.15) is 141 Å². The van der Waals surface area contributed by atoms with E-state index in [4.69, 9.17) is 141 Å². The van der Waals surface area contributed by atoms with E-state index in [1.54, 1.807) is 0 Å². The Morgan fingerprint density at radius 2 is 0.688 bits per heavy atom. The number of hydrogen-bond acceptors (Lipinski definition) is 17. The van der Waals surface area contributed by atoms with Gasteiger partial charge >= 0.3 is 26.4 Å². The van der Waals surface area contributed by atoms with Gasteiger partial charge in [-0.3, -0.25) is 0 Å². The fourth-order valence-corrected chi connectivity index (χ4v) is 24.3. The second-order valence-corrected chi connectivity index (χ2v) is 30.5. The van der Waals surface area contributed by atoms with Crippen LogP contribution in [0.3, 0.4) is 0 Å². The Kier molecular flexibility index (Phi) is 35.1. The van der Waals surface area contributed by atoms with E-state index >= 15 is 0 Å². The molecule has 9 nitrogen and oxygen atoms in total. The average Bonchev–Trinajstić information content (AvgIpc) is 3.26. The number of hydrogen-bond donors (Lipinski definition) is 8. The maximum absolute atomic E-state index is 6.97. The van der Waals surface area contributed by atoms with E-state index in [9.17, 15) is 0 Å². The molecule has 0 saturated heterocycles. The molecule has 0 amide bonds. The van der Waals surface area contributed by atoms with Crippen molar-refractivity contribution in [3.8, 4) is 0 Å². The van der Waals surface area contributed by atoms with Crippen molar-refractivity contribution in [3.63, 3.8) is 0 Å². The summed E-state index contributed by atoms with van der Waals surface area (Å²) >= 11 is 41.4. The summed E-state index contributed by atoms with van der Waals surface area (Å²) in [6, 6.07) is 0. The summed E-state index contributed by atoms with van der Waals surface area (Å²) in [5, 5.41) is -0.652. The molecule has 0 aliphatic heterocycles. The van der Waals surface area contributed by atoms with Gasteiger partial charge in [0.1, 0.15) is 0 Å². The lowest BCUT2D eigenvalue weighted by molar-refractivity contribution is 0.0117. The molecule has 1 aliphatic carbocycles. The first kappa shape index (κ1) is 65.1. The van der Waals surface area contributed by atoms with Crippen molar-refractivity contribution in [1.29, 1.82) is 0 Å². The minimum absolute atomic E-state index is 0.0115. The number of rotatable bonds is 38. The van der Waals surface area contributed by atoms with Crippen molar-refractivity contribution < 1.29 is 39.8 Å². The first-order chi connectivity index (χ1) is 30.4. The fourth-order valence-electron chi connectivity index (χ4n) is 10.0. The maximum atomic E-state index is 6.97. The fraction of sp³-hybridized carbons (Fsp3) is 1.00. The smallest absolute Gasteiger partial charge is 0.374 e. The molecule has 0 radical (unpaired) electrons. The quantitative estimate of drug-likeness (QED) is 0.0228. The Hall–Kier alpha value is 3.09. The van der Waals surface area contributed by atoms with Crippen LogP contribution in [0.4, 0.5) is 0 Å². The number of thiol groups is 8.